The Morgan fingerprint density at radius 1 is 1.26 bits per heavy atom. The first-order valence-corrected chi connectivity index (χ1v) is 7.10. The lowest BCUT2D eigenvalue weighted by atomic mass is 9.90. The highest BCUT2D eigenvalue weighted by Crippen LogP contribution is 2.22. The first-order valence-electron chi connectivity index (χ1n) is 7.10. The van der Waals surface area contributed by atoms with Gasteiger partial charge in [-0.05, 0) is 33.1 Å². The van der Waals surface area contributed by atoms with E-state index in [2.05, 4.69) is 6.92 Å². The molecule has 0 spiro atoms. The first-order chi connectivity index (χ1) is 8.65. The van der Waals surface area contributed by atoms with Gasteiger partial charge in [0, 0.05) is 0 Å². The number of carbonyl (C=O) groups is 2. The summed E-state index contributed by atoms with van der Waals surface area (Å²) in [6.07, 6.45) is 3.71. The van der Waals surface area contributed by atoms with Crippen molar-refractivity contribution in [2.75, 3.05) is 0 Å². The molecular formula is C15H28O4. The minimum atomic E-state index is -0.908. The van der Waals surface area contributed by atoms with E-state index in [0.717, 1.165) is 19.3 Å². The van der Waals surface area contributed by atoms with Crippen LogP contribution in [0.2, 0.25) is 0 Å². The van der Waals surface area contributed by atoms with Gasteiger partial charge in [-0.3, -0.25) is 9.59 Å². The second-order valence-corrected chi connectivity index (χ2v) is 6.31. The molecule has 1 N–H and O–H groups in total. The van der Waals surface area contributed by atoms with Gasteiger partial charge in [0.1, 0.15) is 5.60 Å². The lowest BCUT2D eigenvalue weighted by Crippen LogP contribution is -2.28. The summed E-state index contributed by atoms with van der Waals surface area (Å²) in [6.45, 7) is 9.50. The number of aliphatic carboxylic acids is 1. The van der Waals surface area contributed by atoms with E-state index >= 15 is 0 Å². The normalized spacial score (nSPS) is 14.8. The Hall–Kier alpha value is -1.06. The topological polar surface area (TPSA) is 63.6 Å². The third-order valence-electron chi connectivity index (χ3n) is 2.92. The molecule has 4 heteroatoms. The number of rotatable bonds is 8. The van der Waals surface area contributed by atoms with E-state index in [-0.39, 0.29) is 6.42 Å². The number of esters is 1. The second kappa shape index (κ2) is 8.18. The number of carboxylic acids is 1. The molecule has 4 nitrogen and oxygen atoms in total. The molecule has 0 aliphatic carbocycles. The minimum Gasteiger partial charge on any atom is -0.481 e. The fourth-order valence-electron chi connectivity index (χ4n) is 2.01. The van der Waals surface area contributed by atoms with Crippen molar-refractivity contribution in [1.29, 1.82) is 0 Å². The van der Waals surface area contributed by atoms with Crippen LogP contribution >= 0.6 is 0 Å². The molecule has 0 aromatic heterocycles. The highest BCUT2D eigenvalue weighted by atomic mass is 16.6. The number of ether oxygens (including phenoxy) is 1. The molecule has 0 amide bonds. The van der Waals surface area contributed by atoms with E-state index in [1.165, 1.54) is 0 Å². The van der Waals surface area contributed by atoms with E-state index in [1.54, 1.807) is 20.8 Å². The molecular weight excluding hydrogens is 244 g/mol. The third-order valence-corrected chi connectivity index (χ3v) is 2.92. The Kier molecular flexibility index (Phi) is 7.72. The first kappa shape index (κ1) is 17.9. The molecule has 0 aliphatic rings. The number of carboxylic acid groups (broad SMARTS) is 1. The molecule has 0 rings (SSSR count). The van der Waals surface area contributed by atoms with Gasteiger partial charge in [-0.1, -0.05) is 33.1 Å². The molecule has 0 unspecified atom stereocenters. The highest BCUT2D eigenvalue weighted by molar-refractivity contribution is 5.78. The van der Waals surface area contributed by atoms with Gasteiger partial charge in [-0.2, -0.15) is 0 Å². The van der Waals surface area contributed by atoms with Gasteiger partial charge in [0.05, 0.1) is 12.3 Å². The van der Waals surface area contributed by atoms with Crippen LogP contribution in [0.3, 0.4) is 0 Å². The van der Waals surface area contributed by atoms with Crippen molar-refractivity contribution in [3.63, 3.8) is 0 Å². The smallest absolute Gasteiger partial charge is 0.307 e. The largest absolute Gasteiger partial charge is 0.481 e. The molecule has 0 heterocycles. The maximum Gasteiger partial charge on any atom is 0.307 e. The summed E-state index contributed by atoms with van der Waals surface area (Å²) in [5.74, 6) is -1.65. The Labute approximate surface area is 116 Å². The average molecular weight is 272 g/mol. The van der Waals surface area contributed by atoms with Gasteiger partial charge in [0.15, 0.2) is 0 Å². The van der Waals surface area contributed by atoms with Crippen molar-refractivity contribution in [1.82, 2.24) is 0 Å². The Morgan fingerprint density at radius 3 is 2.26 bits per heavy atom. The predicted molar refractivity (Wildman–Crippen MR) is 74.9 cm³/mol. The Balaban J connectivity index is 4.34. The van der Waals surface area contributed by atoms with Crippen molar-refractivity contribution >= 4 is 11.9 Å². The van der Waals surface area contributed by atoms with E-state index in [4.69, 9.17) is 4.74 Å². The van der Waals surface area contributed by atoms with Crippen LogP contribution in [0.15, 0.2) is 0 Å². The fourth-order valence-corrected chi connectivity index (χ4v) is 2.01. The van der Waals surface area contributed by atoms with Crippen molar-refractivity contribution in [2.24, 2.45) is 11.8 Å². The van der Waals surface area contributed by atoms with Crippen LogP contribution < -0.4 is 0 Å². The maximum absolute atomic E-state index is 11.7. The Morgan fingerprint density at radius 2 is 1.84 bits per heavy atom. The van der Waals surface area contributed by atoms with Crippen molar-refractivity contribution in [3.05, 3.63) is 0 Å². The van der Waals surface area contributed by atoms with Gasteiger partial charge in [0.25, 0.3) is 0 Å². The summed E-state index contributed by atoms with van der Waals surface area (Å²) >= 11 is 0. The molecule has 0 fully saturated rings. The molecule has 0 radical (unpaired) electrons. The predicted octanol–water partition coefficient (Wildman–Crippen LogP) is 3.64. The zero-order valence-electron chi connectivity index (χ0n) is 12.9. The number of hydrogen-bond donors (Lipinski definition) is 1. The van der Waals surface area contributed by atoms with Crippen LogP contribution in [0.5, 0.6) is 0 Å². The summed E-state index contributed by atoms with van der Waals surface area (Å²) in [7, 11) is 0. The zero-order chi connectivity index (χ0) is 15.1. The van der Waals surface area contributed by atoms with Crippen LogP contribution in [0, 0.1) is 11.8 Å². The summed E-state index contributed by atoms with van der Waals surface area (Å²) in [5.41, 5.74) is -0.562. The van der Waals surface area contributed by atoms with E-state index in [1.807, 2.05) is 6.92 Å². The van der Waals surface area contributed by atoms with Crippen LogP contribution in [0.25, 0.3) is 0 Å². The third kappa shape index (κ3) is 9.51. The van der Waals surface area contributed by atoms with Crippen LogP contribution in [-0.2, 0) is 14.3 Å². The maximum atomic E-state index is 11.7. The van der Waals surface area contributed by atoms with Gasteiger partial charge in [0.2, 0.25) is 0 Å². The quantitative estimate of drug-likeness (QED) is 0.685. The Bertz CT molecular complexity index is 291. The molecule has 0 saturated heterocycles. The SMILES string of the molecule is CCCC[C@H](C)C[C@@H](CC(=O)OC(C)(C)C)C(=O)O. The van der Waals surface area contributed by atoms with Crippen molar-refractivity contribution in [2.45, 2.75) is 72.3 Å². The summed E-state index contributed by atoms with van der Waals surface area (Å²) in [5, 5.41) is 9.19. The number of carbonyl (C=O) groups excluding carboxylic acids is 1. The monoisotopic (exact) mass is 272 g/mol. The van der Waals surface area contributed by atoms with Crippen molar-refractivity contribution in [3.8, 4) is 0 Å². The second-order valence-electron chi connectivity index (χ2n) is 6.31. The molecule has 0 aliphatic heterocycles. The lowest BCUT2D eigenvalue weighted by molar-refractivity contribution is -0.160. The molecule has 112 valence electrons. The number of unbranched alkanes of at least 4 members (excludes halogenated alkanes) is 1. The van der Waals surface area contributed by atoms with Gasteiger partial charge in [-0.25, -0.2) is 0 Å². The van der Waals surface area contributed by atoms with Gasteiger partial charge in [-0.15, -0.1) is 0 Å². The molecule has 19 heavy (non-hydrogen) atoms. The standard InChI is InChI=1S/C15H28O4/c1-6-7-8-11(2)9-12(14(17)18)10-13(16)19-15(3,4)5/h11-12H,6-10H2,1-5H3,(H,17,18)/t11-,12-/m0/s1. The highest BCUT2D eigenvalue weighted by Gasteiger charge is 2.26. The van der Waals surface area contributed by atoms with Crippen molar-refractivity contribution < 1.29 is 19.4 Å². The zero-order valence-corrected chi connectivity index (χ0v) is 12.9. The summed E-state index contributed by atoms with van der Waals surface area (Å²) < 4.78 is 5.18. The molecule has 0 bridgehead atoms. The molecule has 0 aromatic carbocycles. The number of hydrogen-bond acceptors (Lipinski definition) is 3. The molecule has 2 atom stereocenters. The molecule has 0 aromatic rings. The van der Waals surface area contributed by atoms with Crippen LogP contribution in [0.1, 0.15) is 66.7 Å². The van der Waals surface area contributed by atoms with Gasteiger partial charge >= 0.3 is 11.9 Å². The van der Waals surface area contributed by atoms with Crippen LogP contribution in [-0.4, -0.2) is 22.6 Å². The lowest BCUT2D eigenvalue weighted by Gasteiger charge is -2.22. The van der Waals surface area contributed by atoms with E-state index < -0.39 is 23.5 Å². The molecule has 0 saturated carbocycles. The summed E-state index contributed by atoms with van der Waals surface area (Å²) in [6, 6.07) is 0. The fraction of sp³-hybridized carbons (Fsp3) is 0.867. The van der Waals surface area contributed by atoms with Gasteiger partial charge < -0.3 is 9.84 Å². The van der Waals surface area contributed by atoms with Crippen LogP contribution in [0.4, 0.5) is 0 Å². The average Bonchev–Trinajstić information content (AvgIpc) is 2.22. The van der Waals surface area contributed by atoms with E-state index in [9.17, 15) is 14.7 Å². The minimum absolute atomic E-state index is 0.0386. The summed E-state index contributed by atoms with van der Waals surface area (Å²) in [4.78, 5) is 22.9. The van der Waals surface area contributed by atoms with E-state index in [0.29, 0.717) is 12.3 Å².